The largest absolute Gasteiger partial charge is 0.495 e. The molecule has 1 rings (SSSR count). The van der Waals surface area contributed by atoms with E-state index in [1.807, 2.05) is 0 Å². The lowest BCUT2D eigenvalue weighted by Crippen LogP contribution is -1.98. The van der Waals surface area contributed by atoms with Crippen LogP contribution in [0.25, 0.3) is 0 Å². The minimum Gasteiger partial charge on any atom is -0.495 e. The molecule has 0 aliphatic rings. The molecule has 0 aromatic heterocycles. The maximum absolute atomic E-state index is 10.7. The Bertz CT molecular complexity index is 413. The highest BCUT2D eigenvalue weighted by Crippen LogP contribution is 2.26. The van der Waals surface area contributed by atoms with Crippen LogP contribution < -0.4 is 4.74 Å². The van der Waals surface area contributed by atoms with E-state index in [0.717, 1.165) is 6.07 Å². The fraction of sp³-hybridized carbons (Fsp3) is 0.143. The Morgan fingerprint density at radius 2 is 2.08 bits per heavy atom. The van der Waals surface area contributed by atoms with Crippen molar-refractivity contribution in [1.82, 2.24) is 0 Å². The van der Waals surface area contributed by atoms with Gasteiger partial charge in [-0.3, -0.25) is 4.55 Å². The van der Waals surface area contributed by atoms with Gasteiger partial charge >= 0.3 is 0 Å². The Morgan fingerprint density at radius 1 is 1.46 bits per heavy atom. The molecule has 6 heteroatoms. The first-order valence-corrected chi connectivity index (χ1v) is 5.08. The summed E-state index contributed by atoms with van der Waals surface area (Å²) in [6.45, 7) is 0. The van der Waals surface area contributed by atoms with E-state index in [2.05, 4.69) is 0 Å². The molecular formula is C7H7ClO4S. The molecule has 0 fully saturated rings. The van der Waals surface area contributed by atoms with Gasteiger partial charge in [-0.25, -0.2) is 0 Å². The van der Waals surface area contributed by atoms with Crippen molar-refractivity contribution in [1.29, 1.82) is 0 Å². The molecule has 0 unspecified atom stereocenters. The summed E-state index contributed by atoms with van der Waals surface area (Å²) in [4.78, 5) is -0.242. The third-order valence-electron chi connectivity index (χ3n) is 1.42. The van der Waals surface area contributed by atoms with Crippen molar-refractivity contribution in [3.63, 3.8) is 0 Å². The van der Waals surface area contributed by atoms with Gasteiger partial charge in [0, 0.05) is 6.07 Å². The molecule has 0 radical (unpaired) electrons. The number of ether oxygens (including phenoxy) is 1. The first kappa shape index (κ1) is 10.3. The van der Waals surface area contributed by atoms with Crippen LogP contribution in [-0.2, 0) is 10.1 Å². The first-order chi connectivity index (χ1) is 5.95. The lowest BCUT2D eigenvalue weighted by atomic mass is 10.3. The predicted octanol–water partition coefficient (Wildman–Crippen LogP) is 1.60. The third kappa shape index (κ3) is 2.33. The van der Waals surface area contributed by atoms with Crippen LogP contribution >= 0.6 is 11.6 Å². The van der Waals surface area contributed by atoms with Gasteiger partial charge in [0.25, 0.3) is 10.1 Å². The Labute approximate surface area is 80.8 Å². The SMILES string of the molecule is COc1cc(S(=O)(=O)O)ccc1Cl. The molecule has 4 nitrogen and oxygen atoms in total. The molecule has 0 amide bonds. The molecule has 0 spiro atoms. The van der Waals surface area contributed by atoms with Crippen LogP contribution in [-0.4, -0.2) is 20.1 Å². The maximum atomic E-state index is 10.7. The second-order valence-electron chi connectivity index (χ2n) is 2.27. The van der Waals surface area contributed by atoms with E-state index in [1.165, 1.54) is 19.2 Å². The van der Waals surface area contributed by atoms with Gasteiger partial charge in [-0.2, -0.15) is 8.42 Å². The molecule has 1 N–H and O–H groups in total. The van der Waals surface area contributed by atoms with E-state index in [-0.39, 0.29) is 15.7 Å². The lowest BCUT2D eigenvalue weighted by Gasteiger charge is -2.03. The van der Waals surface area contributed by atoms with Crippen LogP contribution in [0.15, 0.2) is 23.1 Å². The van der Waals surface area contributed by atoms with Gasteiger partial charge in [0.1, 0.15) is 5.75 Å². The predicted molar refractivity (Wildman–Crippen MR) is 47.8 cm³/mol. The molecule has 13 heavy (non-hydrogen) atoms. The quantitative estimate of drug-likeness (QED) is 0.772. The number of benzene rings is 1. The highest BCUT2D eigenvalue weighted by molar-refractivity contribution is 7.85. The minimum absolute atomic E-state index is 0.205. The van der Waals surface area contributed by atoms with Crippen LogP contribution in [0.3, 0.4) is 0 Å². The normalized spacial score (nSPS) is 11.3. The summed E-state index contributed by atoms with van der Waals surface area (Å²) >= 11 is 5.64. The standard InChI is InChI=1S/C7H7ClO4S/c1-12-7-4-5(13(9,10)11)2-3-6(7)8/h2-4H,1H3,(H,9,10,11). The molecule has 0 aliphatic carbocycles. The number of hydrogen-bond donors (Lipinski definition) is 1. The molecule has 0 aliphatic heterocycles. The van der Waals surface area contributed by atoms with Crippen molar-refractivity contribution >= 4 is 21.7 Å². The van der Waals surface area contributed by atoms with Crippen molar-refractivity contribution in [2.45, 2.75) is 4.90 Å². The van der Waals surface area contributed by atoms with Crippen LogP contribution in [0.5, 0.6) is 5.75 Å². The molecule has 0 bridgehead atoms. The lowest BCUT2D eigenvalue weighted by molar-refractivity contribution is 0.413. The van der Waals surface area contributed by atoms with Gasteiger partial charge in [0.2, 0.25) is 0 Å². The number of hydrogen-bond acceptors (Lipinski definition) is 3. The van der Waals surface area contributed by atoms with Crippen molar-refractivity contribution in [3.8, 4) is 5.75 Å². The Balaban J connectivity index is 3.30. The molecule has 1 aromatic carbocycles. The van der Waals surface area contributed by atoms with Gasteiger partial charge in [-0.15, -0.1) is 0 Å². The molecule has 0 saturated carbocycles. The fourth-order valence-corrected chi connectivity index (χ4v) is 1.49. The average molecular weight is 223 g/mol. The van der Waals surface area contributed by atoms with Crippen LogP contribution in [0.1, 0.15) is 0 Å². The monoisotopic (exact) mass is 222 g/mol. The summed E-state index contributed by atoms with van der Waals surface area (Å²) in [6, 6.07) is 3.68. The summed E-state index contributed by atoms with van der Waals surface area (Å²) in [5, 5.41) is 0.287. The smallest absolute Gasteiger partial charge is 0.294 e. The van der Waals surface area contributed by atoms with Gasteiger partial charge in [0.15, 0.2) is 0 Å². The Kier molecular flexibility index (Phi) is 2.80. The number of methoxy groups -OCH3 is 1. The van der Waals surface area contributed by atoms with E-state index >= 15 is 0 Å². The molecular weight excluding hydrogens is 216 g/mol. The fourth-order valence-electron chi connectivity index (χ4n) is 0.801. The summed E-state index contributed by atoms with van der Waals surface area (Å²) in [7, 11) is -2.83. The molecule has 1 aromatic rings. The van der Waals surface area contributed by atoms with E-state index in [1.54, 1.807) is 0 Å². The highest BCUT2D eigenvalue weighted by Gasteiger charge is 2.11. The molecule has 0 heterocycles. The topological polar surface area (TPSA) is 63.6 Å². The van der Waals surface area contributed by atoms with E-state index < -0.39 is 10.1 Å². The maximum Gasteiger partial charge on any atom is 0.294 e. The molecule has 0 atom stereocenters. The highest BCUT2D eigenvalue weighted by atomic mass is 35.5. The molecule has 0 saturated heterocycles. The van der Waals surface area contributed by atoms with Gasteiger partial charge in [-0.1, -0.05) is 11.6 Å². The Hall–Kier alpha value is -0.780. The van der Waals surface area contributed by atoms with Crippen molar-refractivity contribution in [2.24, 2.45) is 0 Å². The zero-order valence-corrected chi connectivity index (χ0v) is 8.26. The van der Waals surface area contributed by atoms with Crippen molar-refractivity contribution < 1.29 is 17.7 Å². The summed E-state index contributed by atoms with van der Waals surface area (Å²) in [6.07, 6.45) is 0. The number of rotatable bonds is 2. The number of halogens is 1. The van der Waals surface area contributed by atoms with E-state index in [9.17, 15) is 8.42 Å². The Morgan fingerprint density at radius 3 is 2.54 bits per heavy atom. The van der Waals surface area contributed by atoms with E-state index in [4.69, 9.17) is 20.9 Å². The van der Waals surface area contributed by atoms with Crippen LogP contribution in [0, 0.1) is 0 Å². The minimum atomic E-state index is -4.19. The van der Waals surface area contributed by atoms with Crippen LogP contribution in [0.4, 0.5) is 0 Å². The van der Waals surface area contributed by atoms with Crippen molar-refractivity contribution in [3.05, 3.63) is 23.2 Å². The zero-order chi connectivity index (χ0) is 10.1. The second kappa shape index (κ2) is 3.53. The second-order valence-corrected chi connectivity index (χ2v) is 4.10. The molecule has 72 valence electrons. The summed E-state index contributed by atoms with van der Waals surface area (Å²) < 4.78 is 34.8. The average Bonchev–Trinajstić information content (AvgIpc) is 2.03. The van der Waals surface area contributed by atoms with Crippen molar-refractivity contribution in [2.75, 3.05) is 7.11 Å². The zero-order valence-electron chi connectivity index (χ0n) is 6.69. The summed E-state index contributed by atoms with van der Waals surface area (Å²) in [5.41, 5.74) is 0. The van der Waals surface area contributed by atoms with Gasteiger partial charge in [-0.05, 0) is 12.1 Å². The third-order valence-corrected chi connectivity index (χ3v) is 2.58. The van der Waals surface area contributed by atoms with Gasteiger partial charge < -0.3 is 4.74 Å². The summed E-state index contributed by atoms with van der Waals surface area (Å²) in [5.74, 6) is 0.205. The van der Waals surface area contributed by atoms with E-state index in [0.29, 0.717) is 0 Å². The van der Waals surface area contributed by atoms with Gasteiger partial charge in [0.05, 0.1) is 17.0 Å². The first-order valence-electron chi connectivity index (χ1n) is 3.26. The van der Waals surface area contributed by atoms with Crippen LogP contribution in [0.2, 0.25) is 5.02 Å².